The Hall–Kier alpha value is -0.570. The van der Waals surface area contributed by atoms with Crippen molar-refractivity contribution in [2.24, 2.45) is 0 Å². The standard InChI is InChI=1S/C10H21NO2/c1-3-4-5-6-7-8-11-9(2)10(12)13/h9,11H,3-8H2,1-2H3,(H,12,13)/t9-/m1/s1. The Morgan fingerprint density at radius 1 is 1.31 bits per heavy atom. The number of hydrogen-bond donors (Lipinski definition) is 2. The zero-order valence-corrected chi connectivity index (χ0v) is 8.68. The van der Waals surface area contributed by atoms with E-state index in [0.717, 1.165) is 13.0 Å². The third-order valence-electron chi connectivity index (χ3n) is 2.10. The molecule has 0 amide bonds. The van der Waals surface area contributed by atoms with Crippen molar-refractivity contribution < 1.29 is 9.90 Å². The molecule has 0 fully saturated rings. The summed E-state index contributed by atoms with van der Waals surface area (Å²) in [5, 5.41) is 11.5. The molecule has 0 unspecified atom stereocenters. The van der Waals surface area contributed by atoms with Gasteiger partial charge in [0.05, 0.1) is 0 Å². The first-order valence-corrected chi connectivity index (χ1v) is 5.14. The molecule has 0 heterocycles. The largest absolute Gasteiger partial charge is 0.480 e. The number of carboxylic acid groups (broad SMARTS) is 1. The summed E-state index contributed by atoms with van der Waals surface area (Å²) < 4.78 is 0. The van der Waals surface area contributed by atoms with E-state index in [-0.39, 0.29) is 0 Å². The van der Waals surface area contributed by atoms with Gasteiger partial charge < -0.3 is 10.4 Å². The third kappa shape index (κ3) is 7.78. The smallest absolute Gasteiger partial charge is 0.320 e. The van der Waals surface area contributed by atoms with E-state index in [1.807, 2.05) is 0 Å². The molecule has 0 aromatic carbocycles. The zero-order chi connectivity index (χ0) is 10.1. The van der Waals surface area contributed by atoms with Gasteiger partial charge in [-0.3, -0.25) is 4.79 Å². The molecule has 0 rings (SSSR count). The second kappa shape index (κ2) is 8.05. The number of nitrogens with one attached hydrogen (secondary N) is 1. The molecule has 0 spiro atoms. The average molecular weight is 187 g/mol. The Bertz CT molecular complexity index is 137. The number of hydrogen-bond acceptors (Lipinski definition) is 2. The molecule has 0 bridgehead atoms. The first-order chi connectivity index (χ1) is 6.18. The fourth-order valence-corrected chi connectivity index (χ4v) is 1.13. The molecule has 0 aromatic rings. The van der Waals surface area contributed by atoms with Crippen molar-refractivity contribution in [1.29, 1.82) is 0 Å². The Morgan fingerprint density at radius 2 is 1.92 bits per heavy atom. The highest BCUT2D eigenvalue weighted by Gasteiger charge is 2.07. The van der Waals surface area contributed by atoms with E-state index in [1.165, 1.54) is 25.7 Å². The maximum Gasteiger partial charge on any atom is 0.320 e. The first-order valence-electron chi connectivity index (χ1n) is 5.14. The highest BCUT2D eigenvalue weighted by molar-refractivity contribution is 5.72. The van der Waals surface area contributed by atoms with Crippen LogP contribution in [0.3, 0.4) is 0 Å². The molecular weight excluding hydrogens is 166 g/mol. The highest BCUT2D eigenvalue weighted by Crippen LogP contribution is 2.01. The third-order valence-corrected chi connectivity index (χ3v) is 2.10. The number of aliphatic carboxylic acids is 1. The van der Waals surface area contributed by atoms with Crippen LogP contribution < -0.4 is 5.32 Å². The molecule has 0 aromatic heterocycles. The van der Waals surface area contributed by atoms with Gasteiger partial charge in [-0.25, -0.2) is 0 Å². The van der Waals surface area contributed by atoms with Crippen LogP contribution >= 0.6 is 0 Å². The van der Waals surface area contributed by atoms with Crippen molar-refractivity contribution in [2.75, 3.05) is 6.54 Å². The number of rotatable bonds is 8. The van der Waals surface area contributed by atoms with Crippen LogP contribution in [-0.4, -0.2) is 23.7 Å². The topological polar surface area (TPSA) is 49.3 Å². The molecule has 78 valence electrons. The summed E-state index contributed by atoms with van der Waals surface area (Å²) in [6.07, 6.45) is 6.08. The zero-order valence-electron chi connectivity index (χ0n) is 8.68. The van der Waals surface area contributed by atoms with E-state index in [4.69, 9.17) is 5.11 Å². The van der Waals surface area contributed by atoms with Crippen molar-refractivity contribution in [1.82, 2.24) is 5.32 Å². The number of carbonyl (C=O) groups is 1. The van der Waals surface area contributed by atoms with Crippen LogP contribution in [0.4, 0.5) is 0 Å². The fraction of sp³-hybridized carbons (Fsp3) is 0.900. The van der Waals surface area contributed by atoms with Crippen molar-refractivity contribution in [3.8, 4) is 0 Å². The number of carboxylic acids is 1. The van der Waals surface area contributed by atoms with Crippen LogP contribution in [0.1, 0.15) is 46.0 Å². The van der Waals surface area contributed by atoms with Crippen molar-refractivity contribution in [3.63, 3.8) is 0 Å². The lowest BCUT2D eigenvalue weighted by atomic mass is 10.1. The molecule has 0 aliphatic rings. The SMILES string of the molecule is CCCCCCCN[C@H](C)C(=O)O. The van der Waals surface area contributed by atoms with E-state index >= 15 is 0 Å². The number of unbranched alkanes of at least 4 members (excludes halogenated alkanes) is 4. The van der Waals surface area contributed by atoms with Crippen LogP contribution in [0.25, 0.3) is 0 Å². The van der Waals surface area contributed by atoms with Crippen LogP contribution in [0.2, 0.25) is 0 Å². The van der Waals surface area contributed by atoms with Crippen LogP contribution in [-0.2, 0) is 4.79 Å². The summed E-state index contributed by atoms with van der Waals surface area (Å²) in [6.45, 7) is 4.68. The molecule has 3 nitrogen and oxygen atoms in total. The molecule has 0 radical (unpaired) electrons. The fourth-order valence-electron chi connectivity index (χ4n) is 1.13. The highest BCUT2D eigenvalue weighted by atomic mass is 16.4. The maximum atomic E-state index is 10.4. The minimum absolute atomic E-state index is 0.411. The molecule has 0 saturated heterocycles. The van der Waals surface area contributed by atoms with Crippen LogP contribution in [0.15, 0.2) is 0 Å². The predicted octanol–water partition coefficient (Wildman–Crippen LogP) is 2.02. The van der Waals surface area contributed by atoms with Gasteiger partial charge in [-0.1, -0.05) is 32.6 Å². The van der Waals surface area contributed by atoms with Gasteiger partial charge in [-0.15, -0.1) is 0 Å². The van der Waals surface area contributed by atoms with Gasteiger partial charge in [0.15, 0.2) is 0 Å². The quantitative estimate of drug-likeness (QED) is 0.571. The summed E-state index contributed by atoms with van der Waals surface area (Å²) in [5.74, 6) is -0.770. The Labute approximate surface area is 80.5 Å². The van der Waals surface area contributed by atoms with Gasteiger partial charge in [0.1, 0.15) is 6.04 Å². The van der Waals surface area contributed by atoms with Crippen LogP contribution in [0.5, 0.6) is 0 Å². The molecule has 3 heteroatoms. The summed E-state index contributed by atoms with van der Waals surface area (Å²) in [4.78, 5) is 10.4. The lowest BCUT2D eigenvalue weighted by Crippen LogP contribution is -2.34. The molecule has 2 N–H and O–H groups in total. The summed E-state index contributed by atoms with van der Waals surface area (Å²) in [6, 6.07) is -0.411. The van der Waals surface area contributed by atoms with Gasteiger partial charge >= 0.3 is 5.97 Å². The second-order valence-electron chi connectivity index (χ2n) is 3.43. The minimum Gasteiger partial charge on any atom is -0.480 e. The van der Waals surface area contributed by atoms with E-state index in [2.05, 4.69) is 12.2 Å². The predicted molar refractivity (Wildman–Crippen MR) is 53.9 cm³/mol. The van der Waals surface area contributed by atoms with Gasteiger partial charge in [-0.05, 0) is 19.9 Å². The van der Waals surface area contributed by atoms with Crippen molar-refractivity contribution in [3.05, 3.63) is 0 Å². The normalized spacial score (nSPS) is 12.8. The van der Waals surface area contributed by atoms with E-state index in [9.17, 15) is 4.79 Å². The second-order valence-corrected chi connectivity index (χ2v) is 3.43. The molecule has 0 aliphatic heterocycles. The first kappa shape index (κ1) is 12.4. The summed E-state index contributed by atoms with van der Waals surface area (Å²) in [5.41, 5.74) is 0. The lowest BCUT2D eigenvalue weighted by molar-refractivity contribution is -0.138. The van der Waals surface area contributed by atoms with E-state index in [1.54, 1.807) is 6.92 Å². The maximum absolute atomic E-state index is 10.4. The Balaban J connectivity index is 3.11. The van der Waals surface area contributed by atoms with Gasteiger partial charge in [0.25, 0.3) is 0 Å². The summed E-state index contributed by atoms with van der Waals surface area (Å²) in [7, 11) is 0. The van der Waals surface area contributed by atoms with Gasteiger partial charge in [-0.2, -0.15) is 0 Å². The molecule has 0 saturated carbocycles. The van der Waals surface area contributed by atoms with Crippen LogP contribution in [0, 0.1) is 0 Å². The van der Waals surface area contributed by atoms with Crippen molar-refractivity contribution in [2.45, 2.75) is 52.0 Å². The lowest BCUT2D eigenvalue weighted by Gasteiger charge is -2.08. The molecule has 0 aliphatic carbocycles. The average Bonchev–Trinajstić information content (AvgIpc) is 2.10. The monoisotopic (exact) mass is 187 g/mol. The molecule has 13 heavy (non-hydrogen) atoms. The summed E-state index contributed by atoms with van der Waals surface area (Å²) >= 11 is 0. The van der Waals surface area contributed by atoms with Gasteiger partial charge in [0.2, 0.25) is 0 Å². The minimum atomic E-state index is -0.770. The Morgan fingerprint density at radius 3 is 2.46 bits per heavy atom. The van der Waals surface area contributed by atoms with Crippen molar-refractivity contribution >= 4 is 5.97 Å². The molecule has 1 atom stereocenters. The molecular formula is C10H21NO2. The van der Waals surface area contributed by atoms with E-state index < -0.39 is 12.0 Å². The Kier molecular flexibility index (Phi) is 7.69. The van der Waals surface area contributed by atoms with Gasteiger partial charge in [0, 0.05) is 0 Å². The van der Waals surface area contributed by atoms with E-state index in [0.29, 0.717) is 0 Å².